The quantitative estimate of drug-likeness (QED) is 0.400. The van der Waals surface area contributed by atoms with Crippen LogP contribution in [0.4, 0.5) is 5.69 Å². The molecular formula is C7H5ClNNaO4. The number of nitro groups is 1. The minimum atomic E-state index is -1.37. The summed E-state index contributed by atoms with van der Waals surface area (Å²) in [6.07, 6.45) is 0. The number of hydrogen-bond acceptors (Lipinski definition) is 3. The summed E-state index contributed by atoms with van der Waals surface area (Å²) in [5, 5.41) is 19.1. The van der Waals surface area contributed by atoms with Gasteiger partial charge in [0.1, 0.15) is 5.56 Å². The Kier molecular flexibility index (Phi) is 5.07. The van der Waals surface area contributed by atoms with E-state index in [0.29, 0.717) is 0 Å². The molecule has 5 nitrogen and oxygen atoms in total. The van der Waals surface area contributed by atoms with Crippen molar-refractivity contribution >= 4 is 23.3 Å². The smallest absolute Gasteiger partial charge is 1.00 e. The zero-order valence-electron chi connectivity index (χ0n) is 8.23. The van der Waals surface area contributed by atoms with Gasteiger partial charge in [0.05, 0.1) is 4.92 Å². The van der Waals surface area contributed by atoms with Gasteiger partial charge >= 0.3 is 35.5 Å². The molecule has 0 aliphatic carbocycles. The number of carboxylic acid groups (broad SMARTS) is 1. The van der Waals surface area contributed by atoms with Crippen LogP contribution < -0.4 is 29.6 Å². The largest absolute Gasteiger partial charge is 1.00 e. The van der Waals surface area contributed by atoms with Crippen molar-refractivity contribution in [3.05, 3.63) is 38.9 Å². The standard InChI is InChI=1S/C7H4ClNO4.Na.H/c8-4-1-2-6(9(12)13)5(3-4)7(10)11;;/h1-3H,(H,10,11);;/q;+1;-1. The van der Waals surface area contributed by atoms with Crippen molar-refractivity contribution in [1.82, 2.24) is 0 Å². The van der Waals surface area contributed by atoms with Gasteiger partial charge in [-0.15, -0.1) is 0 Å². The second-order valence-electron chi connectivity index (χ2n) is 2.22. The van der Waals surface area contributed by atoms with Crippen molar-refractivity contribution in [2.45, 2.75) is 0 Å². The van der Waals surface area contributed by atoms with E-state index in [4.69, 9.17) is 16.7 Å². The number of rotatable bonds is 2. The van der Waals surface area contributed by atoms with Crippen LogP contribution in [-0.2, 0) is 0 Å². The summed E-state index contributed by atoms with van der Waals surface area (Å²) in [7, 11) is 0. The topological polar surface area (TPSA) is 80.4 Å². The zero-order chi connectivity index (χ0) is 10.0. The molecule has 0 unspecified atom stereocenters. The van der Waals surface area contributed by atoms with Crippen LogP contribution in [0.15, 0.2) is 18.2 Å². The van der Waals surface area contributed by atoms with Crippen LogP contribution in [0.3, 0.4) is 0 Å². The van der Waals surface area contributed by atoms with Gasteiger partial charge in [0.25, 0.3) is 5.69 Å². The summed E-state index contributed by atoms with van der Waals surface area (Å²) in [6.45, 7) is 0. The molecule has 0 saturated carbocycles. The Balaban J connectivity index is 0. The maximum atomic E-state index is 10.5. The van der Waals surface area contributed by atoms with Gasteiger partial charge in [0.15, 0.2) is 0 Å². The molecule has 0 heterocycles. The first-order valence-corrected chi connectivity index (χ1v) is 3.57. The van der Waals surface area contributed by atoms with E-state index in [9.17, 15) is 14.9 Å². The van der Waals surface area contributed by atoms with Gasteiger partial charge in [0, 0.05) is 11.1 Å². The number of halogens is 1. The van der Waals surface area contributed by atoms with E-state index in [1.54, 1.807) is 0 Å². The summed E-state index contributed by atoms with van der Waals surface area (Å²) in [4.78, 5) is 20.1. The second-order valence-corrected chi connectivity index (χ2v) is 2.66. The van der Waals surface area contributed by atoms with Gasteiger partial charge in [-0.05, 0) is 12.1 Å². The van der Waals surface area contributed by atoms with Gasteiger partial charge in [-0.1, -0.05) is 11.6 Å². The molecule has 1 aromatic rings. The fraction of sp³-hybridized carbons (Fsp3) is 0. The number of benzene rings is 1. The van der Waals surface area contributed by atoms with E-state index in [1.165, 1.54) is 6.07 Å². The first kappa shape index (κ1) is 13.4. The molecule has 0 fully saturated rings. The third-order valence-corrected chi connectivity index (χ3v) is 1.62. The predicted octanol–water partition coefficient (Wildman–Crippen LogP) is -0.937. The van der Waals surface area contributed by atoms with E-state index >= 15 is 0 Å². The SMILES string of the molecule is O=C(O)c1cc(Cl)ccc1[N+](=O)[O-].[H-].[Na+]. The van der Waals surface area contributed by atoms with Crippen LogP contribution in [0.5, 0.6) is 0 Å². The Morgan fingerprint density at radius 1 is 1.57 bits per heavy atom. The van der Waals surface area contributed by atoms with Crippen molar-refractivity contribution in [3.8, 4) is 0 Å². The average Bonchev–Trinajstić information content (AvgIpc) is 2.03. The fourth-order valence-electron chi connectivity index (χ4n) is 0.839. The van der Waals surface area contributed by atoms with Crippen LogP contribution >= 0.6 is 11.6 Å². The summed E-state index contributed by atoms with van der Waals surface area (Å²) >= 11 is 5.48. The van der Waals surface area contributed by atoms with Gasteiger partial charge < -0.3 is 6.53 Å². The Labute approximate surface area is 108 Å². The maximum absolute atomic E-state index is 10.5. The molecule has 0 aliphatic rings. The molecule has 0 aromatic heterocycles. The summed E-state index contributed by atoms with van der Waals surface area (Å²) in [5.74, 6) is -1.37. The van der Waals surface area contributed by atoms with Crippen LogP contribution in [0, 0.1) is 10.1 Å². The molecule has 0 amide bonds. The zero-order valence-corrected chi connectivity index (χ0v) is 9.99. The van der Waals surface area contributed by atoms with Gasteiger partial charge in [-0.25, -0.2) is 4.79 Å². The van der Waals surface area contributed by atoms with Crippen LogP contribution in [0.2, 0.25) is 5.02 Å². The normalized spacial score (nSPS) is 8.93. The molecular weight excluding hydrogens is 221 g/mol. The van der Waals surface area contributed by atoms with Gasteiger partial charge in [-0.2, -0.15) is 0 Å². The Morgan fingerprint density at radius 3 is 2.57 bits per heavy atom. The summed E-state index contributed by atoms with van der Waals surface area (Å²) < 4.78 is 0. The number of carboxylic acids is 1. The first-order valence-electron chi connectivity index (χ1n) is 3.19. The first-order chi connectivity index (χ1) is 6.02. The molecule has 7 heteroatoms. The van der Waals surface area contributed by atoms with Crippen molar-refractivity contribution < 1.29 is 45.8 Å². The number of nitro benzene ring substituents is 1. The van der Waals surface area contributed by atoms with Crippen LogP contribution in [0.1, 0.15) is 11.8 Å². The molecule has 1 rings (SSSR count). The molecule has 14 heavy (non-hydrogen) atoms. The Bertz CT molecular complexity index is 387. The van der Waals surface area contributed by atoms with Gasteiger partial charge in [-0.3, -0.25) is 10.1 Å². The van der Waals surface area contributed by atoms with E-state index < -0.39 is 22.1 Å². The Morgan fingerprint density at radius 2 is 2.14 bits per heavy atom. The molecule has 0 spiro atoms. The molecule has 0 aliphatic heterocycles. The molecule has 0 radical (unpaired) electrons. The van der Waals surface area contributed by atoms with Crippen molar-refractivity contribution in [1.29, 1.82) is 0 Å². The van der Waals surface area contributed by atoms with E-state index in [2.05, 4.69) is 0 Å². The maximum Gasteiger partial charge on any atom is 1.00 e. The monoisotopic (exact) mass is 225 g/mol. The number of nitrogens with zero attached hydrogens (tertiary/aromatic N) is 1. The number of carbonyl (C=O) groups is 1. The predicted molar refractivity (Wildman–Crippen MR) is 46.2 cm³/mol. The second kappa shape index (κ2) is 5.31. The van der Waals surface area contributed by atoms with Gasteiger partial charge in [0.2, 0.25) is 0 Å². The van der Waals surface area contributed by atoms with E-state index in [0.717, 1.165) is 12.1 Å². The van der Waals surface area contributed by atoms with Crippen molar-refractivity contribution in [2.75, 3.05) is 0 Å². The molecule has 70 valence electrons. The van der Waals surface area contributed by atoms with Crippen molar-refractivity contribution in [2.24, 2.45) is 0 Å². The molecule has 0 atom stereocenters. The molecule has 1 aromatic carbocycles. The number of hydrogen-bond donors (Lipinski definition) is 1. The van der Waals surface area contributed by atoms with E-state index in [1.807, 2.05) is 0 Å². The third-order valence-electron chi connectivity index (χ3n) is 1.39. The van der Waals surface area contributed by atoms with Crippen molar-refractivity contribution in [3.63, 3.8) is 0 Å². The fourth-order valence-corrected chi connectivity index (χ4v) is 1.01. The van der Waals surface area contributed by atoms with E-state index in [-0.39, 0.29) is 36.0 Å². The summed E-state index contributed by atoms with van der Waals surface area (Å²) in [6, 6.07) is 3.37. The van der Waals surface area contributed by atoms with Crippen LogP contribution in [-0.4, -0.2) is 16.0 Å². The molecule has 0 saturated heterocycles. The van der Waals surface area contributed by atoms with Crippen LogP contribution in [0.25, 0.3) is 0 Å². The molecule has 1 N–H and O–H groups in total. The third kappa shape index (κ3) is 2.95. The molecule has 0 bridgehead atoms. The Hall–Kier alpha value is -0.620. The minimum Gasteiger partial charge on any atom is -1.00 e. The number of aromatic carboxylic acids is 1. The minimum absolute atomic E-state index is 0. The average molecular weight is 226 g/mol. The summed E-state index contributed by atoms with van der Waals surface area (Å²) in [5.41, 5.74) is -0.866.